The van der Waals surface area contributed by atoms with Crippen LogP contribution in [0.2, 0.25) is 0 Å². The van der Waals surface area contributed by atoms with Gasteiger partial charge in [-0.15, -0.1) is 0 Å². The van der Waals surface area contributed by atoms with Gasteiger partial charge in [0.15, 0.2) is 0 Å². The van der Waals surface area contributed by atoms with E-state index in [1.165, 1.54) is 0 Å². The van der Waals surface area contributed by atoms with E-state index in [9.17, 15) is 4.79 Å². The fourth-order valence-corrected chi connectivity index (χ4v) is 3.03. The van der Waals surface area contributed by atoms with E-state index in [0.29, 0.717) is 5.88 Å². The third-order valence-electron chi connectivity index (χ3n) is 4.05. The van der Waals surface area contributed by atoms with Crippen molar-refractivity contribution < 1.29 is 9.53 Å². The van der Waals surface area contributed by atoms with Gasteiger partial charge in [0.1, 0.15) is 5.65 Å². The first-order valence-corrected chi connectivity index (χ1v) is 7.37. The molecule has 1 aliphatic rings. The van der Waals surface area contributed by atoms with E-state index < -0.39 is 0 Å². The zero-order valence-corrected chi connectivity index (χ0v) is 12.7. The van der Waals surface area contributed by atoms with Gasteiger partial charge in [-0.2, -0.15) is 0 Å². The molecule has 2 aromatic heterocycles. The highest BCUT2D eigenvalue weighted by atomic mass is 16.6. The van der Waals surface area contributed by atoms with Crippen LogP contribution in [0, 0.1) is 5.41 Å². The number of nitrogens with one attached hydrogen (secondary N) is 1. The lowest BCUT2D eigenvalue weighted by Crippen LogP contribution is -2.44. The molecule has 112 valence electrons. The Kier molecular flexibility index (Phi) is 3.35. The molecule has 0 radical (unpaired) electrons. The molecule has 1 amide bonds. The Morgan fingerprint density at radius 3 is 3.00 bits per heavy atom. The molecular formula is C16H21N3O2. The van der Waals surface area contributed by atoms with Crippen LogP contribution in [0.3, 0.4) is 0 Å². The summed E-state index contributed by atoms with van der Waals surface area (Å²) in [6.45, 7) is 7.25. The topological polar surface area (TPSA) is 58.2 Å². The predicted molar refractivity (Wildman–Crippen MR) is 81.3 cm³/mol. The first kappa shape index (κ1) is 13.9. The monoisotopic (exact) mass is 287 g/mol. The van der Waals surface area contributed by atoms with Crippen molar-refractivity contribution in [2.45, 2.75) is 39.7 Å². The molecule has 3 rings (SSSR count). The Morgan fingerprint density at radius 2 is 2.29 bits per heavy atom. The standard InChI is InChI=1S/C16H21N3O2/c1-16(2,3)12-7-5-9-19(12)15(20)21-13-10-11-6-4-8-17-14(11)18-13/h4,6,8,10,12H,5,7,9H2,1-3H3,(H,17,18). The number of hydrogen-bond acceptors (Lipinski definition) is 3. The summed E-state index contributed by atoms with van der Waals surface area (Å²) >= 11 is 0. The van der Waals surface area contributed by atoms with Crippen LogP contribution in [0.15, 0.2) is 24.4 Å². The van der Waals surface area contributed by atoms with Crippen LogP contribution < -0.4 is 4.74 Å². The molecule has 1 N–H and O–H groups in total. The Labute approximate surface area is 124 Å². The molecule has 3 heterocycles. The summed E-state index contributed by atoms with van der Waals surface area (Å²) in [5.74, 6) is 0.452. The second-order valence-corrected chi connectivity index (χ2v) is 6.66. The molecule has 0 saturated carbocycles. The quantitative estimate of drug-likeness (QED) is 0.872. The SMILES string of the molecule is CC(C)(C)C1CCCN1C(=O)Oc1cc2cccnc2[nH]1. The number of carbonyl (C=O) groups excluding carboxylic acids is 1. The van der Waals surface area contributed by atoms with E-state index in [0.717, 1.165) is 30.4 Å². The smallest absolute Gasteiger partial charge is 0.393 e. The second kappa shape index (κ2) is 5.06. The summed E-state index contributed by atoms with van der Waals surface area (Å²) in [6, 6.07) is 5.83. The maximum atomic E-state index is 12.4. The van der Waals surface area contributed by atoms with Crippen LogP contribution in [-0.4, -0.2) is 33.5 Å². The molecule has 21 heavy (non-hydrogen) atoms. The molecule has 0 aliphatic carbocycles. The van der Waals surface area contributed by atoms with Gasteiger partial charge in [-0.3, -0.25) is 0 Å². The fraction of sp³-hybridized carbons (Fsp3) is 0.500. The number of likely N-dealkylation sites (tertiary alicyclic amines) is 1. The van der Waals surface area contributed by atoms with Gasteiger partial charge in [0, 0.05) is 30.2 Å². The van der Waals surface area contributed by atoms with E-state index in [-0.39, 0.29) is 17.6 Å². The van der Waals surface area contributed by atoms with Gasteiger partial charge in [0.2, 0.25) is 5.88 Å². The largest absolute Gasteiger partial charge is 0.416 e. The van der Waals surface area contributed by atoms with E-state index >= 15 is 0 Å². The summed E-state index contributed by atoms with van der Waals surface area (Å²) < 4.78 is 5.50. The van der Waals surface area contributed by atoms with Crippen molar-refractivity contribution >= 4 is 17.1 Å². The zero-order valence-electron chi connectivity index (χ0n) is 12.7. The number of amides is 1. The zero-order chi connectivity index (χ0) is 15.0. The van der Waals surface area contributed by atoms with Crippen LogP contribution in [0.1, 0.15) is 33.6 Å². The molecule has 0 bridgehead atoms. The minimum absolute atomic E-state index is 0.0670. The lowest BCUT2D eigenvalue weighted by molar-refractivity contribution is 0.111. The van der Waals surface area contributed by atoms with Gasteiger partial charge in [-0.1, -0.05) is 20.8 Å². The summed E-state index contributed by atoms with van der Waals surface area (Å²) in [5.41, 5.74) is 0.798. The second-order valence-electron chi connectivity index (χ2n) is 6.66. The fourth-order valence-electron chi connectivity index (χ4n) is 3.03. The summed E-state index contributed by atoms with van der Waals surface area (Å²) in [4.78, 5) is 21.5. The third kappa shape index (κ3) is 2.73. The summed E-state index contributed by atoms with van der Waals surface area (Å²) in [6.07, 6.45) is 3.50. The maximum Gasteiger partial charge on any atom is 0.416 e. The molecule has 5 heteroatoms. The van der Waals surface area contributed by atoms with Crippen molar-refractivity contribution in [2.24, 2.45) is 5.41 Å². The van der Waals surface area contributed by atoms with E-state index in [1.807, 2.05) is 23.1 Å². The number of hydrogen-bond donors (Lipinski definition) is 1. The van der Waals surface area contributed by atoms with Crippen molar-refractivity contribution in [3.63, 3.8) is 0 Å². The lowest BCUT2D eigenvalue weighted by Gasteiger charge is -2.34. The van der Waals surface area contributed by atoms with Crippen LogP contribution in [-0.2, 0) is 0 Å². The Bertz CT molecular complexity index is 624. The normalized spacial score (nSPS) is 19.2. The van der Waals surface area contributed by atoms with Crippen molar-refractivity contribution in [1.29, 1.82) is 0 Å². The molecular weight excluding hydrogens is 266 g/mol. The molecule has 1 fully saturated rings. The number of H-pyrrole nitrogens is 1. The highest BCUT2D eigenvalue weighted by Gasteiger charge is 2.37. The van der Waals surface area contributed by atoms with Crippen molar-refractivity contribution in [1.82, 2.24) is 14.9 Å². The first-order chi connectivity index (χ1) is 9.95. The van der Waals surface area contributed by atoms with Crippen LogP contribution in [0.5, 0.6) is 5.88 Å². The number of aromatic amines is 1. The van der Waals surface area contributed by atoms with E-state index in [1.54, 1.807) is 6.20 Å². The molecule has 1 unspecified atom stereocenters. The third-order valence-corrected chi connectivity index (χ3v) is 4.05. The highest BCUT2D eigenvalue weighted by Crippen LogP contribution is 2.33. The summed E-state index contributed by atoms with van der Waals surface area (Å²) in [7, 11) is 0. The Hall–Kier alpha value is -2.04. The number of pyridine rings is 1. The van der Waals surface area contributed by atoms with Gasteiger partial charge in [-0.25, -0.2) is 9.78 Å². The molecule has 2 aromatic rings. The molecule has 1 saturated heterocycles. The molecule has 0 aromatic carbocycles. The van der Waals surface area contributed by atoms with Crippen molar-refractivity contribution in [3.8, 4) is 5.88 Å². The van der Waals surface area contributed by atoms with Crippen molar-refractivity contribution in [2.75, 3.05) is 6.54 Å². The summed E-state index contributed by atoms with van der Waals surface area (Å²) in [5, 5.41) is 0.939. The van der Waals surface area contributed by atoms with E-state index in [2.05, 4.69) is 30.7 Å². The minimum Gasteiger partial charge on any atom is -0.393 e. The van der Waals surface area contributed by atoms with Gasteiger partial charge >= 0.3 is 6.09 Å². The van der Waals surface area contributed by atoms with Crippen LogP contribution in [0.25, 0.3) is 11.0 Å². The van der Waals surface area contributed by atoms with Gasteiger partial charge < -0.3 is 14.6 Å². The minimum atomic E-state index is -0.279. The number of rotatable bonds is 1. The molecule has 0 spiro atoms. The number of ether oxygens (including phenoxy) is 1. The maximum absolute atomic E-state index is 12.4. The molecule has 1 atom stereocenters. The Morgan fingerprint density at radius 1 is 1.48 bits per heavy atom. The van der Waals surface area contributed by atoms with Gasteiger partial charge in [0.05, 0.1) is 0 Å². The first-order valence-electron chi connectivity index (χ1n) is 7.37. The number of carbonyl (C=O) groups is 1. The van der Waals surface area contributed by atoms with Crippen molar-refractivity contribution in [3.05, 3.63) is 24.4 Å². The molecule has 1 aliphatic heterocycles. The van der Waals surface area contributed by atoms with Crippen LogP contribution in [0.4, 0.5) is 4.79 Å². The van der Waals surface area contributed by atoms with E-state index in [4.69, 9.17) is 4.74 Å². The van der Waals surface area contributed by atoms with Gasteiger partial charge in [-0.05, 0) is 30.4 Å². The Balaban J connectivity index is 1.76. The average molecular weight is 287 g/mol. The van der Waals surface area contributed by atoms with Crippen LogP contribution >= 0.6 is 0 Å². The lowest BCUT2D eigenvalue weighted by atomic mass is 9.85. The predicted octanol–water partition coefficient (Wildman–Crippen LogP) is 3.57. The highest BCUT2D eigenvalue weighted by molar-refractivity contribution is 5.79. The molecule has 5 nitrogen and oxygen atoms in total. The number of fused-ring (bicyclic) bond motifs is 1. The number of aromatic nitrogens is 2. The van der Waals surface area contributed by atoms with Gasteiger partial charge in [0.25, 0.3) is 0 Å². The number of nitrogens with zero attached hydrogens (tertiary/aromatic N) is 2. The average Bonchev–Trinajstić information content (AvgIpc) is 3.03.